The molecule has 1 aromatic carbocycles. The number of hydrogen-bond acceptors (Lipinski definition) is 3. The third-order valence-electron chi connectivity index (χ3n) is 3.94. The van der Waals surface area contributed by atoms with Crippen LogP contribution in [0.15, 0.2) is 18.2 Å². The third-order valence-corrected chi connectivity index (χ3v) is 3.94. The molecule has 0 unspecified atom stereocenters. The molecule has 0 saturated heterocycles. The van der Waals surface area contributed by atoms with Gasteiger partial charge in [-0.2, -0.15) is 0 Å². The summed E-state index contributed by atoms with van der Waals surface area (Å²) in [5.74, 6) is -0.0907. The topological polar surface area (TPSA) is 66.6 Å². The van der Waals surface area contributed by atoms with E-state index in [2.05, 4.69) is 0 Å². The number of likely N-dealkylation sites (N-methyl/N-ethyl adjacent to an activating group) is 1. The van der Waals surface area contributed by atoms with E-state index in [1.165, 1.54) is 0 Å². The molecule has 3 N–H and O–H groups in total. The molecule has 0 atom stereocenters. The van der Waals surface area contributed by atoms with E-state index < -0.39 is 5.60 Å². The molecule has 0 aliphatic heterocycles. The fourth-order valence-electron chi connectivity index (χ4n) is 2.70. The predicted octanol–water partition coefficient (Wildman–Crippen LogP) is 1.95. The van der Waals surface area contributed by atoms with Crippen LogP contribution in [-0.2, 0) is 0 Å². The Morgan fingerprint density at radius 1 is 1.42 bits per heavy atom. The number of nitrogens with zero attached hydrogens (tertiary/aromatic N) is 1. The number of aliphatic hydroxyl groups is 1. The Labute approximate surface area is 114 Å². The standard InChI is InChI=1S/C15H22N2O2/c1-11-5-6-12(9-13(11)16)14(18)17(2)10-15(19)7-3-4-8-15/h5-6,9,19H,3-4,7-8,10,16H2,1-2H3. The summed E-state index contributed by atoms with van der Waals surface area (Å²) >= 11 is 0. The van der Waals surface area contributed by atoms with Crippen molar-refractivity contribution >= 4 is 11.6 Å². The first kappa shape index (κ1) is 13.9. The van der Waals surface area contributed by atoms with E-state index >= 15 is 0 Å². The van der Waals surface area contributed by atoms with Gasteiger partial charge in [0.05, 0.1) is 5.60 Å². The maximum absolute atomic E-state index is 12.3. The molecule has 0 spiro atoms. The van der Waals surface area contributed by atoms with Gasteiger partial charge in [-0.25, -0.2) is 0 Å². The van der Waals surface area contributed by atoms with Gasteiger partial charge in [-0.3, -0.25) is 4.79 Å². The Kier molecular flexibility index (Phi) is 3.80. The van der Waals surface area contributed by atoms with Crippen molar-refractivity contribution < 1.29 is 9.90 Å². The molecule has 1 saturated carbocycles. The molecular weight excluding hydrogens is 240 g/mol. The molecule has 0 aromatic heterocycles. The van der Waals surface area contributed by atoms with Crippen LogP contribution in [0, 0.1) is 6.92 Å². The lowest BCUT2D eigenvalue weighted by Gasteiger charge is -2.28. The molecule has 0 heterocycles. The molecule has 1 aliphatic rings. The van der Waals surface area contributed by atoms with Gasteiger partial charge in [0.15, 0.2) is 0 Å². The molecule has 1 aliphatic carbocycles. The first-order valence-electron chi connectivity index (χ1n) is 6.75. The highest BCUT2D eigenvalue weighted by Crippen LogP contribution is 2.30. The van der Waals surface area contributed by atoms with Crippen molar-refractivity contribution in [2.24, 2.45) is 0 Å². The lowest BCUT2D eigenvalue weighted by Crippen LogP contribution is -2.42. The van der Waals surface area contributed by atoms with Crippen molar-refractivity contribution in [3.05, 3.63) is 29.3 Å². The zero-order chi connectivity index (χ0) is 14.0. The van der Waals surface area contributed by atoms with Crippen molar-refractivity contribution in [3.8, 4) is 0 Å². The zero-order valence-corrected chi connectivity index (χ0v) is 11.6. The highest BCUT2D eigenvalue weighted by Gasteiger charge is 2.33. The minimum Gasteiger partial charge on any atom is -0.398 e. The fraction of sp³-hybridized carbons (Fsp3) is 0.533. The van der Waals surface area contributed by atoms with Gasteiger partial charge in [0.2, 0.25) is 0 Å². The van der Waals surface area contributed by atoms with Gasteiger partial charge >= 0.3 is 0 Å². The molecule has 1 fully saturated rings. The highest BCUT2D eigenvalue weighted by atomic mass is 16.3. The Hall–Kier alpha value is -1.55. The van der Waals surface area contributed by atoms with Gasteiger partial charge in [0, 0.05) is 24.8 Å². The Morgan fingerprint density at radius 2 is 2.05 bits per heavy atom. The number of nitrogens with two attached hydrogens (primary N) is 1. The van der Waals surface area contributed by atoms with Gasteiger partial charge in [0.1, 0.15) is 0 Å². The number of carbonyl (C=O) groups is 1. The number of aryl methyl sites for hydroxylation is 1. The number of rotatable bonds is 3. The van der Waals surface area contributed by atoms with Gasteiger partial charge in [-0.15, -0.1) is 0 Å². The SMILES string of the molecule is Cc1ccc(C(=O)N(C)CC2(O)CCCC2)cc1N. The van der Waals surface area contributed by atoms with E-state index in [1.54, 1.807) is 24.1 Å². The lowest BCUT2D eigenvalue weighted by atomic mass is 10.0. The second-order valence-corrected chi connectivity index (χ2v) is 5.66. The van der Waals surface area contributed by atoms with Crippen molar-refractivity contribution in [2.45, 2.75) is 38.2 Å². The molecule has 104 valence electrons. The number of nitrogen functional groups attached to an aromatic ring is 1. The summed E-state index contributed by atoms with van der Waals surface area (Å²) in [6.45, 7) is 2.30. The molecule has 1 amide bonds. The summed E-state index contributed by atoms with van der Waals surface area (Å²) in [6, 6.07) is 5.33. The van der Waals surface area contributed by atoms with Crippen molar-refractivity contribution in [1.29, 1.82) is 0 Å². The van der Waals surface area contributed by atoms with E-state index in [1.807, 2.05) is 13.0 Å². The van der Waals surface area contributed by atoms with Gasteiger partial charge < -0.3 is 15.7 Å². The maximum atomic E-state index is 12.3. The highest BCUT2D eigenvalue weighted by molar-refractivity contribution is 5.95. The Balaban J connectivity index is 2.08. The Morgan fingerprint density at radius 3 is 2.63 bits per heavy atom. The Bertz CT molecular complexity index is 479. The summed E-state index contributed by atoms with van der Waals surface area (Å²) in [7, 11) is 1.73. The second-order valence-electron chi connectivity index (χ2n) is 5.66. The normalized spacial score (nSPS) is 17.4. The van der Waals surface area contributed by atoms with Crippen LogP contribution >= 0.6 is 0 Å². The van der Waals surface area contributed by atoms with E-state index in [0.29, 0.717) is 17.8 Å². The molecule has 4 nitrogen and oxygen atoms in total. The van der Waals surface area contributed by atoms with Gasteiger partial charge in [-0.05, 0) is 37.5 Å². The van der Waals surface area contributed by atoms with Crippen LogP contribution in [0.1, 0.15) is 41.6 Å². The maximum Gasteiger partial charge on any atom is 0.253 e. The lowest BCUT2D eigenvalue weighted by molar-refractivity contribution is 0.0157. The number of anilines is 1. The number of amides is 1. The second kappa shape index (κ2) is 5.21. The first-order chi connectivity index (χ1) is 8.91. The van der Waals surface area contributed by atoms with Crippen LogP contribution in [0.2, 0.25) is 0 Å². The monoisotopic (exact) mass is 262 g/mol. The van der Waals surface area contributed by atoms with E-state index in [-0.39, 0.29) is 5.91 Å². The fourth-order valence-corrected chi connectivity index (χ4v) is 2.70. The number of benzene rings is 1. The average molecular weight is 262 g/mol. The molecule has 19 heavy (non-hydrogen) atoms. The molecule has 0 bridgehead atoms. The summed E-state index contributed by atoms with van der Waals surface area (Å²) in [5.41, 5.74) is 7.29. The van der Waals surface area contributed by atoms with E-state index in [4.69, 9.17) is 5.73 Å². The van der Waals surface area contributed by atoms with Crippen LogP contribution in [0.25, 0.3) is 0 Å². The minimum atomic E-state index is -0.708. The summed E-state index contributed by atoms with van der Waals surface area (Å²) < 4.78 is 0. The smallest absolute Gasteiger partial charge is 0.253 e. The summed E-state index contributed by atoms with van der Waals surface area (Å²) in [4.78, 5) is 13.9. The van der Waals surface area contributed by atoms with Crippen molar-refractivity contribution in [3.63, 3.8) is 0 Å². The van der Waals surface area contributed by atoms with E-state index in [0.717, 1.165) is 31.2 Å². The van der Waals surface area contributed by atoms with Gasteiger partial charge in [-0.1, -0.05) is 18.9 Å². The quantitative estimate of drug-likeness (QED) is 0.818. The molecule has 2 rings (SSSR count). The largest absolute Gasteiger partial charge is 0.398 e. The molecular formula is C15H22N2O2. The minimum absolute atomic E-state index is 0.0907. The molecule has 4 heteroatoms. The number of carbonyl (C=O) groups excluding carboxylic acids is 1. The molecule has 1 aromatic rings. The van der Waals surface area contributed by atoms with Crippen LogP contribution in [0.3, 0.4) is 0 Å². The average Bonchev–Trinajstić information content (AvgIpc) is 2.78. The number of hydrogen-bond donors (Lipinski definition) is 2. The van der Waals surface area contributed by atoms with Crippen molar-refractivity contribution in [1.82, 2.24) is 4.90 Å². The van der Waals surface area contributed by atoms with Crippen LogP contribution in [-0.4, -0.2) is 35.1 Å². The van der Waals surface area contributed by atoms with Crippen molar-refractivity contribution in [2.75, 3.05) is 19.3 Å². The zero-order valence-electron chi connectivity index (χ0n) is 11.6. The predicted molar refractivity (Wildman–Crippen MR) is 76.0 cm³/mol. The van der Waals surface area contributed by atoms with Crippen LogP contribution in [0.5, 0.6) is 0 Å². The summed E-state index contributed by atoms with van der Waals surface area (Å²) in [6.07, 6.45) is 3.63. The summed E-state index contributed by atoms with van der Waals surface area (Å²) in [5, 5.41) is 10.3. The van der Waals surface area contributed by atoms with E-state index in [9.17, 15) is 9.90 Å². The van der Waals surface area contributed by atoms with Gasteiger partial charge in [0.25, 0.3) is 5.91 Å². The van der Waals surface area contributed by atoms with Crippen LogP contribution in [0.4, 0.5) is 5.69 Å². The first-order valence-corrected chi connectivity index (χ1v) is 6.75. The van der Waals surface area contributed by atoms with Crippen LogP contribution < -0.4 is 5.73 Å². The third kappa shape index (κ3) is 3.07. The molecule has 0 radical (unpaired) electrons.